The molecule has 0 heterocycles. The molecule has 0 aliphatic carbocycles. The van der Waals surface area contributed by atoms with Crippen LogP contribution in [-0.4, -0.2) is 18.5 Å². The van der Waals surface area contributed by atoms with E-state index in [1.165, 1.54) is 6.47 Å². The van der Waals surface area contributed by atoms with E-state index in [9.17, 15) is 4.79 Å². The zero-order valence-corrected chi connectivity index (χ0v) is 5.44. The molecular weight excluding hydrogens is 128 g/mol. The zero-order chi connectivity index (χ0) is 6.41. The van der Waals surface area contributed by atoms with Crippen LogP contribution >= 0.6 is 11.6 Å². The summed E-state index contributed by atoms with van der Waals surface area (Å²) in [6.07, 6.45) is 0.809. The molecule has 0 fully saturated rings. The Morgan fingerprint density at radius 1 is 1.88 bits per heavy atom. The van der Waals surface area contributed by atoms with Crippen molar-refractivity contribution in [2.45, 2.75) is 18.7 Å². The lowest BCUT2D eigenvalue weighted by atomic mass is 10.3. The van der Waals surface area contributed by atoms with Crippen LogP contribution < -0.4 is 0 Å². The monoisotopic (exact) mass is 135 g/mol. The molecule has 0 saturated heterocycles. The Balaban J connectivity index is 2.97. The highest BCUT2D eigenvalue weighted by Gasteiger charge is 1.98. The van der Waals surface area contributed by atoms with Crippen LogP contribution in [0.3, 0.4) is 0 Å². The molecule has 0 aliphatic rings. The quantitative estimate of drug-likeness (QED) is 0.540. The molecule has 1 unspecified atom stereocenters. The van der Waals surface area contributed by atoms with Crippen molar-refractivity contribution >= 4 is 18.1 Å². The first kappa shape index (κ1) is 7.76. The van der Waals surface area contributed by atoms with Crippen LogP contribution in [0.5, 0.6) is 0 Å². The van der Waals surface area contributed by atoms with Crippen LogP contribution in [0.15, 0.2) is 0 Å². The predicted octanol–water partition coefficient (Wildman–Crippen LogP) is 1.09. The van der Waals surface area contributed by atoms with Crippen molar-refractivity contribution in [3.63, 3.8) is 0 Å². The highest BCUT2D eigenvalue weighted by molar-refractivity contribution is 6.20. The summed E-state index contributed by atoms with van der Waals surface area (Å²) in [7, 11) is 0. The third-order valence-corrected chi connectivity index (χ3v) is 1.20. The zero-order valence-electron chi connectivity index (χ0n) is 4.69. The Morgan fingerprint density at radius 3 is 2.88 bits per heavy atom. The first-order chi connectivity index (χ1) is 3.81. The first-order valence-electron chi connectivity index (χ1n) is 2.44. The van der Waals surface area contributed by atoms with Crippen molar-refractivity contribution in [2.75, 3.05) is 6.61 Å². The molecule has 0 amide bonds. The van der Waals surface area contributed by atoms with Crippen molar-refractivity contribution in [1.29, 1.82) is 0 Å². The van der Waals surface area contributed by atoms with E-state index in [4.69, 9.17) is 11.6 Å². The van der Waals surface area contributed by atoms with Gasteiger partial charge in [0.05, 0.1) is 5.38 Å². The number of halogens is 1. The molecule has 3 heteroatoms. The van der Waals surface area contributed by atoms with Crippen LogP contribution in [0.2, 0.25) is 0 Å². The van der Waals surface area contributed by atoms with Gasteiger partial charge >= 0.3 is 6.47 Å². The van der Waals surface area contributed by atoms with Gasteiger partial charge in [-0.3, -0.25) is 0 Å². The Morgan fingerprint density at radius 2 is 2.50 bits per heavy atom. The van der Waals surface area contributed by atoms with Gasteiger partial charge in [-0.1, -0.05) is 6.92 Å². The van der Waals surface area contributed by atoms with E-state index in [1.54, 1.807) is 0 Å². The minimum absolute atomic E-state index is 0.0588. The highest BCUT2D eigenvalue weighted by atomic mass is 35.5. The largest absolute Gasteiger partial charge is 0.456 e. The maximum Gasteiger partial charge on any atom is 0.417 e. The van der Waals surface area contributed by atoms with Crippen LogP contribution in [0, 0.1) is 0 Å². The molecule has 0 bridgehead atoms. The number of ether oxygens (including phenoxy) is 1. The van der Waals surface area contributed by atoms with E-state index < -0.39 is 0 Å². The molecule has 0 rings (SSSR count). The Labute approximate surface area is 53.8 Å². The average Bonchev–Trinajstić information content (AvgIpc) is 1.83. The maximum atomic E-state index is 9.42. The third-order valence-electron chi connectivity index (χ3n) is 0.766. The first-order valence-corrected chi connectivity index (χ1v) is 2.88. The molecule has 0 spiro atoms. The lowest BCUT2D eigenvalue weighted by Crippen LogP contribution is -2.05. The average molecular weight is 136 g/mol. The molecule has 8 heavy (non-hydrogen) atoms. The molecule has 2 nitrogen and oxygen atoms in total. The highest BCUT2D eigenvalue weighted by Crippen LogP contribution is 1.99. The van der Waals surface area contributed by atoms with Crippen molar-refractivity contribution in [3.05, 3.63) is 0 Å². The standard InChI is InChI=1S/C5H8ClO2/c1-2-5(6)3-8-4-7/h5H,2-3H2,1H3. The second-order valence-corrected chi connectivity index (χ2v) is 2.02. The second kappa shape index (κ2) is 4.91. The molecule has 0 saturated carbocycles. The SMILES string of the molecule is CCC(Cl)CO[C]=O. The maximum absolute atomic E-state index is 9.42. The van der Waals surface area contributed by atoms with Gasteiger partial charge in [0.2, 0.25) is 0 Å². The van der Waals surface area contributed by atoms with E-state index in [2.05, 4.69) is 4.74 Å². The van der Waals surface area contributed by atoms with Gasteiger partial charge in [0.25, 0.3) is 0 Å². The van der Waals surface area contributed by atoms with Gasteiger partial charge in [-0.15, -0.1) is 11.6 Å². The molecule has 0 aromatic carbocycles. The Bertz CT molecular complexity index is 65.4. The number of alkyl halides is 1. The molecular formula is C5H8ClO2. The van der Waals surface area contributed by atoms with Crippen molar-refractivity contribution in [1.82, 2.24) is 0 Å². The fraction of sp³-hybridized carbons (Fsp3) is 0.800. The topological polar surface area (TPSA) is 26.3 Å². The van der Waals surface area contributed by atoms with Gasteiger partial charge in [0, 0.05) is 0 Å². The molecule has 0 aromatic rings. The van der Waals surface area contributed by atoms with Crippen molar-refractivity contribution in [3.8, 4) is 0 Å². The summed E-state index contributed by atoms with van der Waals surface area (Å²) in [5.74, 6) is 0. The minimum atomic E-state index is -0.0588. The van der Waals surface area contributed by atoms with Gasteiger partial charge in [0.1, 0.15) is 6.61 Å². The Kier molecular flexibility index (Phi) is 4.76. The minimum Gasteiger partial charge on any atom is -0.456 e. The predicted molar refractivity (Wildman–Crippen MR) is 31.6 cm³/mol. The summed E-state index contributed by atoms with van der Waals surface area (Å²) in [4.78, 5) is 9.42. The van der Waals surface area contributed by atoms with Crippen LogP contribution in [0.25, 0.3) is 0 Å². The molecule has 47 valence electrons. The number of hydrogen-bond acceptors (Lipinski definition) is 2. The van der Waals surface area contributed by atoms with Gasteiger partial charge < -0.3 is 4.74 Å². The smallest absolute Gasteiger partial charge is 0.417 e. The van der Waals surface area contributed by atoms with Gasteiger partial charge in [-0.2, -0.15) is 0 Å². The van der Waals surface area contributed by atoms with Crippen LogP contribution in [0.4, 0.5) is 0 Å². The second-order valence-electron chi connectivity index (χ2n) is 1.40. The van der Waals surface area contributed by atoms with Gasteiger partial charge in [0.15, 0.2) is 0 Å². The summed E-state index contributed by atoms with van der Waals surface area (Å²) >= 11 is 5.54. The van der Waals surface area contributed by atoms with Crippen LogP contribution in [0.1, 0.15) is 13.3 Å². The number of hydrogen-bond donors (Lipinski definition) is 0. The molecule has 1 atom stereocenters. The fourth-order valence-corrected chi connectivity index (χ4v) is 0.305. The fourth-order valence-electron chi connectivity index (χ4n) is 0.242. The normalized spacial score (nSPS) is 12.8. The van der Waals surface area contributed by atoms with Gasteiger partial charge in [-0.05, 0) is 6.42 Å². The van der Waals surface area contributed by atoms with Crippen LogP contribution in [-0.2, 0) is 9.53 Å². The molecule has 0 N–H and O–H groups in total. The van der Waals surface area contributed by atoms with Gasteiger partial charge in [-0.25, -0.2) is 4.79 Å². The van der Waals surface area contributed by atoms with E-state index in [0.717, 1.165) is 6.42 Å². The van der Waals surface area contributed by atoms with Crippen molar-refractivity contribution < 1.29 is 9.53 Å². The van der Waals surface area contributed by atoms with E-state index in [0.29, 0.717) is 0 Å². The van der Waals surface area contributed by atoms with E-state index >= 15 is 0 Å². The summed E-state index contributed by atoms with van der Waals surface area (Å²) in [5.41, 5.74) is 0. The Hall–Kier alpha value is -0.240. The van der Waals surface area contributed by atoms with E-state index in [1.807, 2.05) is 6.92 Å². The lowest BCUT2D eigenvalue weighted by molar-refractivity contribution is 0.275. The molecule has 0 aromatic heterocycles. The van der Waals surface area contributed by atoms with Crippen molar-refractivity contribution in [2.24, 2.45) is 0 Å². The molecule has 0 aliphatic heterocycles. The lowest BCUT2D eigenvalue weighted by Gasteiger charge is -2.00. The summed E-state index contributed by atoms with van der Waals surface area (Å²) in [6.45, 7) is 3.49. The molecule has 1 radical (unpaired) electrons. The van der Waals surface area contributed by atoms with E-state index in [-0.39, 0.29) is 12.0 Å². The third kappa shape index (κ3) is 3.93. The summed E-state index contributed by atoms with van der Waals surface area (Å²) < 4.78 is 4.25. The summed E-state index contributed by atoms with van der Waals surface area (Å²) in [5, 5.41) is -0.0588. The number of carbonyl (C=O) groups excluding carboxylic acids is 1. The number of rotatable bonds is 4. The summed E-state index contributed by atoms with van der Waals surface area (Å²) in [6, 6.07) is 0.